The summed E-state index contributed by atoms with van der Waals surface area (Å²) in [6, 6.07) is 4.21. The van der Waals surface area contributed by atoms with Crippen LogP contribution in [0.25, 0.3) is 0 Å². The molecule has 2 aromatic rings. The van der Waals surface area contributed by atoms with E-state index in [1.807, 2.05) is 0 Å². The van der Waals surface area contributed by atoms with Gasteiger partial charge in [0.1, 0.15) is 5.82 Å². The molecule has 0 fully saturated rings. The minimum atomic E-state index is 0.155. The number of aromatic nitrogens is 2. The van der Waals surface area contributed by atoms with Crippen LogP contribution in [0.2, 0.25) is 0 Å². The summed E-state index contributed by atoms with van der Waals surface area (Å²) in [5.41, 5.74) is 3.66. The number of rotatable bonds is 5. The highest BCUT2D eigenvalue weighted by Crippen LogP contribution is 2.16. The van der Waals surface area contributed by atoms with Gasteiger partial charge in [0.2, 0.25) is 0 Å². The van der Waals surface area contributed by atoms with Crippen LogP contribution in [0.1, 0.15) is 48.4 Å². The Labute approximate surface area is 131 Å². The van der Waals surface area contributed by atoms with Gasteiger partial charge in [-0.25, -0.2) is 9.97 Å². The lowest BCUT2D eigenvalue weighted by molar-refractivity contribution is 0.429. The van der Waals surface area contributed by atoms with Crippen LogP contribution in [0, 0.1) is 13.8 Å². The maximum absolute atomic E-state index is 4.69. The van der Waals surface area contributed by atoms with Gasteiger partial charge in [0.15, 0.2) is 0 Å². The molecule has 21 heavy (non-hydrogen) atoms. The molecule has 2 heterocycles. The molecule has 4 heteroatoms. The molecule has 0 saturated heterocycles. The maximum Gasteiger partial charge on any atom is 0.134 e. The monoisotopic (exact) mass is 303 g/mol. The van der Waals surface area contributed by atoms with E-state index in [1.54, 1.807) is 11.3 Å². The van der Waals surface area contributed by atoms with Crippen molar-refractivity contribution in [2.24, 2.45) is 0 Å². The fraction of sp³-hybridized carbons (Fsp3) is 0.529. The van der Waals surface area contributed by atoms with Crippen molar-refractivity contribution in [2.45, 2.75) is 53.0 Å². The lowest BCUT2D eigenvalue weighted by Crippen LogP contribution is -2.37. The summed E-state index contributed by atoms with van der Waals surface area (Å²) in [6.45, 7) is 11.7. The number of aryl methyl sites for hydroxylation is 2. The van der Waals surface area contributed by atoms with Crippen molar-refractivity contribution in [3.8, 4) is 0 Å². The van der Waals surface area contributed by atoms with E-state index in [2.05, 4.69) is 57.4 Å². The van der Waals surface area contributed by atoms with Crippen LogP contribution in [-0.4, -0.2) is 22.1 Å². The maximum atomic E-state index is 4.69. The van der Waals surface area contributed by atoms with Crippen LogP contribution in [-0.2, 0) is 12.8 Å². The predicted octanol–water partition coefficient (Wildman–Crippen LogP) is 3.68. The summed E-state index contributed by atoms with van der Waals surface area (Å²) in [5, 5.41) is 5.62. The van der Waals surface area contributed by atoms with Crippen molar-refractivity contribution in [1.82, 2.24) is 15.3 Å². The minimum Gasteiger partial charge on any atom is -0.312 e. The van der Waals surface area contributed by atoms with Gasteiger partial charge in [-0.2, -0.15) is 0 Å². The number of nitrogens with one attached hydrogen (secondary N) is 1. The SMILES string of the molecule is Cc1nc(Cc2cccs2)nc(C)c1CCNC(C)(C)C. The molecule has 0 spiro atoms. The zero-order valence-electron chi connectivity index (χ0n) is 13.7. The number of hydrogen-bond donors (Lipinski definition) is 1. The van der Waals surface area contributed by atoms with Gasteiger partial charge >= 0.3 is 0 Å². The molecule has 0 aromatic carbocycles. The van der Waals surface area contributed by atoms with E-state index >= 15 is 0 Å². The highest BCUT2D eigenvalue weighted by Gasteiger charge is 2.12. The van der Waals surface area contributed by atoms with Crippen molar-refractivity contribution in [1.29, 1.82) is 0 Å². The van der Waals surface area contributed by atoms with Crippen molar-refractivity contribution in [3.05, 3.63) is 45.2 Å². The lowest BCUT2D eigenvalue weighted by atomic mass is 10.1. The standard InChI is InChI=1S/C17H25N3S/c1-12-15(8-9-18-17(3,4)5)13(2)20-16(19-12)11-14-7-6-10-21-14/h6-7,10,18H,8-9,11H2,1-5H3. The van der Waals surface area contributed by atoms with E-state index in [4.69, 9.17) is 9.97 Å². The average molecular weight is 303 g/mol. The predicted molar refractivity (Wildman–Crippen MR) is 90.1 cm³/mol. The normalized spacial score (nSPS) is 11.9. The summed E-state index contributed by atoms with van der Waals surface area (Å²) < 4.78 is 0. The van der Waals surface area contributed by atoms with E-state index in [-0.39, 0.29) is 5.54 Å². The molecule has 2 rings (SSSR count). The van der Waals surface area contributed by atoms with Gasteiger partial charge in [0, 0.05) is 28.2 Å². The van der Waals surface area contributed by atoms with Crippen LogP contribution in [0.4, 0.5) is 0 Å². The Morgan fingerprint density at radius 1 is 1.14 bits per heavy atom. The van der Waals surface area contributed by atoms with Gasteiger partial charge < -0.3 is 5.32 Å². The van der Waals surface area contributed by atoms with Crippen molar-refractivity contribution < 1.29 is 0 Å². The van der Waals surface area contributed by atoms with Crippen LogP contribution < -0.4 is 5.32 Å². The quantitative estimate of drug-likeness (QED) is 0.915. The lowest BCUT2D eigenvalue weighted by Gasteiger charge is -2.21. The second-order valence-corrected chi connectivity index (χ2v) is 7.50. The molecule has 0 bridgehead atoms. The Bertz CT molecular complexity index is 560. The molecular weight excluding hydrogens is 278 g/mol. The summed E-state index contributed by atoms with van der Waals surface area (Å²) >= 11 is 1.76. The summed E-state index contributed by atoms with van der Waals surface area (Å²) in [7, 11) is 0. The van der Waals surface area contributed by atoms with E-state index in [0.29, 0.717) is 0 Å². The first-order valence-electron chi connectivity index (χ1n) is 7.45. The minimum absolute atomic E-state index is 0.155. The van der Waals surface area contributed by atoms with Gasteiger partial charge in [0.05, 0.1) is 0 Å². The largest absolute Gasteiger partial charge is 0.312 e. The van der Waals surface area contributed by atoms with Crippen molar-refractivity contribution in [3.63, 3.8) is 0 Å². The Hall–Kier alpha value is -1.26. The van der Waals surface area contributed by atoms with E-state index in [9.17, 15) is 0 Å². The van der Waals surface area contributed by atoms with Gasteiger partial charge in [-0.05, 0) is 64.6 Å². The second-order valence-electron chi connectivity index (χ2n) is 6.47. The first-order valence-corrected chi connectivity index (χ1v) is 8.33. The third-order valence-corrected chi connectivity index (χ3v) is 4.29. The van der Waals surface area contributed by atoms with Gasteiger partial charge in [0.25, 0.3) is 0 Å². The Balaban J connectivity index is 2.06. The Morgan fingerprint density at radius 3 is 2.33 bits per heavy atom. The van der Waals surface area contributed by atoms with Crippen LogP contribution in [0.5, 0.6) is 0 Å². The molecular formula is C17H25N3S. The molecule has 0 amide bonds. The van der Waals surface area contributed by atoms with Crippen LogP contribution in [0.3, 0.4) is 0 Å². The van der Waals surface area contributed by atoms with Crippen LogP contribution in [0.15, 0.2) is 17.5 Å². The van der Waals surface area contributed by atoms with E-state index < -0.39 is 0 Å². The molecule has 0 aliphatic rings. The molecule has 1 N–H and O–H groups in total. The van der Waals surface area contributed by atoms with E-state index in [0.717, 1.165) is 36.6 Å². The van der Waals surface area contributed by atoms with E-state index in [1.165, 1.54) is 10.4 Å². The van der Waals surface area contributed by atoms with Gasteiger partial charge in [-0.15, -0.1) is 11.3 Å². The van der Waals surface area contributed by atoms with Gasteiger partial charge in [-0.1, -0.05) is 6.07 Å². The molecule has 0 unspecified atom stereocenters. The Kier molecular flexibility index (Phi) is 5.12. The molecule has 2 aromatic heterocycles. The topological polar surface area (TPSA) is 37.8 Å². The number of hydrogen-bond acceptors (Lipinski definition) is 4. The molecule has 0 atom stereocenters. The molecule has 114 valence electrons. The third-order valence-electron chi connectivity index (χ3n) is 3.41. The highest BCUT2D eigenvalue weighted by molar-refractivity contribution is 7.09. The summed E-state index contributed by atoms with van der Waals surface area (Å²) in [6.07, 6.45) is 1.81. The molecule has 0 saturated carbocycles. The fourth-order valence-corrected chi connectivity index (χ4v) is 3.08. The first-order chi connectivity index (χ1) is 9.85. The van der Waals surface area contributed by atoms with Crippen molar-refractivity contribution in [2.75, 3.05) is 6.54 Å². The Morgan fingerprint density at radius 2 is 1.81 bits per heavy atom. The highest BCUT2D eigenvalue weighted by atomic mass is 32.1. The van der Waals surface area contributed by atoms with Crippen molar-refractivity contribution >= 4 is 11.3 Å². The summed E-state index contributed by atoms with van der Waals surface area (Å²) in [5.74, 6) is 0.931. The first kappa shape index (κ1) is 16.1. The number of nitrogens with zero attached hydrogens (tertiary/aromatic N) is 2. The molecule has 0 radical (unpaired) electrons. The van der Waals surface area contributed by atoms with Gasteiger partial charge in [-0.3, -0.25) is 0 Å². The average Bonchev–Trinajstić information content (AvgIpc) is 2.84. The third kappa shape index (κ3) is 4.90. The fourth-order valence-electron chi connectivity index (χ4n) is 2.38. The summed E-state index contributed by atoms with van der Waals surface area (Å²) in [4.78, 5) is 10.7. The zero-order chi connectivity index (χ0) is 15.5. The second kappa shape index (κ2) is 6.67. The zero-order valence-corrected chi connectivity index (χ0v) is 14.5. The molecule has 3 nitrogen and oxygen atoms in total. The van der Waals surface area contributed by atoms with Crippen LogP contribution >= 0.6 is 11.3 Å². The molecule has 0 aliphatic carbocycles. The molecule has 0 aliphatic heterocycles. The smallest absolute Gasteiger partial charge is 0.134 e. The number of thiophene rings is 1.